The van der Waals surface area contributed by atoms with Crippen LogP contribution in [-0.4, -0.2) is 50.1 Å². The third-order valence-electron chi connectivity index (χ3n) is 5.29. The van der Waals surface area contributed by atoms with Gasteiger partial charge in [0, 0.05) is 24.1 Å². The second-order valence-corrected chi connectivity index (χ2v) is 7.12. The van der Waals surface area contributed by atoms with Gasteiger partial charge in [-0.15, -0.1) is 0 Å². The molecule has 2 aliphatic rings. The first kappa shape index (κ1) is 19.2. The molecule has 0 saturated heterocycles. The molecule has 0 radical (unpaired) electrons. The van der Waals surface area contributed by atoms with E-state index in [1.54, 1.807) is 21.3 Å². The van der Waals surface area contributed by atoms with Crippen LogP contribution in [0.5, 0.6) is 28.7 Å². The molecule has 0 saturated carbocycles. The summed E-state index contributed by atoms with van der Waals surface area (Å²) in [5.41, 5.74) is 8.47. The quantitative estimate of drug-likeness (QED) is 0.655. The first-order valence-corrected chi connectivity index (χ1v) is 9.84. The van der Waals surface area contributed by atoms with Gasteiger partial charge in [-0.3, -0.25) is 9.88 Å². The van der Waals surface area contributed by atoms with Gasteiger partial charge in [0.05, 0.1) is 45.6 Å². The predicted octanol–water partition coefficient (Wildman–Crippen LogP) is 2.51. The number of anilines is 1. The number of nitrogens with zero attached hydrogens (tertiary/aromatic N) is 3. The third-order valence-corrected chi connectivity index (χ3v) is 5.29. The molecule has 1 atom stereocenters. The van der Waals surface area contributed by atoms with Crippen molar-refractivity contribution in [1.82, 2.24) is 9.55 Å². The predicted molar refractivity (Wildman–Crippen MR) is 115 cm³/mol. The van der Waals surface area contributed by atoms with Gasteiger partial charge in [-0.1, -0.05) is 0 Å². The number of imidazole rings is 1. The normalized spacial score (nSPS) is 17.3. The zero-order valence-electron chi connectivity index (χ0n) is 17.5. The van der Waals surface area contributed by atoms with E-state index in [0.29, 0.717) is 47.9 Å². The Labute approximate surface area is 178 Å². The molecular weight excluding hydrogens is 402 g/mol. The van der Waals surface area contributed by atoms with Crippen LogP contribution in [0.3, 0.4) is 0 Å². The summed E-state index contributed by atoms with van der Waals surface area (Å²) in [6.07, 6.45) is 0.327. The first-order chi connectivity index (χ1) is 15.1. The maximum Gasteiger partial charge on any atom is 0.212 e. The van der Waals surface area contributed by atoms with Gasteiger partial charge in [-0.2, -0.15) is 0 Å². The van der Waals surface area contributed by atoms with Crippen molar-refractivity contribution in [2.75, 3.05) is 39.9 Å². The summed E-state index contributed by atoms with van der Waals surface area (Å²) in [5.74, 6) is 3.75. The Hall–Kier alpha value is -3.82. The monoisotopic (exact) mass is 425 g/mol. The Bertz CT molecular complexity index is 1160. The van der Waals surface area contributed by atoms with Crippen LogP contribution in [-0.2, 0) is 0 Å². The number of aromatic nitrogens is 2. The minimum atomic E-state index is -0.500. The van der Waals surface area contributed by atoms with Crippen molar-refractivity contribution < 1.29 is 23.7 Å². The summed E-state index contributed by atoms with van der Waals surface area (Å²) in [7, 11) is 4.72. The number of benzene rings is 2. The molecule has 3 N–H and O–H groups in total. The molecule has 31 heavy (non-hydrogen) atoms. The molecule has 3 heterocycles. The molecule has 1 aromatic heterocycles. The van der Waals surface area contributed by atoms with Crippen molar-refractivity contribution >= 4 is 22.9 Å². The largest absolute Gasteiger partial charge is 0.493 e. The van der Waals surface area contributed by atoms with E-state index in [1.807, 2.05) is 28.8 Å². The number of ether oxygens (including phenoxy) is 5. The van der Waals surface area contributed by atoms with Gasteiger partial charge in [0.2, 0.25) is 11.7 Å². The lowest BCUT2D eigenvalue weighted by Gasteiger charge is -2.25. The van der Waals surface area contributed by atoms with Crippen molar-refractivity contribution in [3.63, 3.8) is 0 Å². The second-order valence-electron chi connectivity index (χ2n) is 7.12. The Morgan fingerprint density at radius 1 is 1.00 bits per heavy atom. The number of rotatable bonds is 4. The lowest BCUT2D eigenvalue weighted by atomic mass is 10.1. The van der Waals surface area contributed by atoms with E-state index in [1.165, 1.54) is 0 Å². The standard InChI is InChI=1S/C21H23N5O5/c1-27-16-7-11(8-17(28-2)18(16)29-3)19-24-20(22)25-21-23-12-9-14-15(10-13(12)26(19)21)31-6-4-5-30-14/h7-10,19H,4-6H2,1-3H3,(H3,22,23,24,25). The van der Waals surface area contributed by atoms with Crippen LogP contribution >= 0.6 is 0 Å². The third kappa shape index (κ3) is 3.11. The zero-order valence-corrected chi connectivity index (χ0v) is 17.5. The lowest BCUT2D eigenvalue weighted by Crippen LogP contribution is -2.31. The molecule has 10 heteroatoms. The molecule has 162 valence electrons. The average Bonchev–Trinajstić information content (AvgIpc) is 2.96. The highest BCUT2D eigenvalue weighted by Gasteiger charge is 2.28. The fraction of sp³-hybridized carbons (Fsp3) is 0.333. The second kappa shape index (κ2) is 7.46. The summed E-state index contributed by atoms with van der Waals surface area (Å²) in [5, 5.41) is 3.04. The smallest absolute Gasteiger partial charge is 0.212 e. The molecular formula is C21H23N5O5. The highest BCUT2D eigenvalue weighted by atomic mass is 16.5. The van der Waals surface area contributed by atoms with E-state index in [2.05, 4.69) is 10.3 Å². The summed E-state index contributed by atoms with van der Waals surface area (Å²) in [6.45, 7) is 1.20. The van der Waals surface area contributed by atoms with Crippen molar-refractivity contribution in [2.45, 2.75) is 12.6 Å². The average molecular weight is 425 g/mol. The number of hydrogen-bond donors (Lipinski definition) is 2. The van der Waals surface area contributed by atoms with Crippen molar-refractivity contribution in [3.8, 4) is 28.7 Å². The molecule has 1 unspecified atom stereocenters. The maximum atomic E-state index is 6.09. The zero-order chi connectivity index (χ0) is 21.5. The molecule has 0 bridgehead atoms. The molecule has 0 spiro atoms. The van der Waals surface area contributed by atoms with E-state index < -0.39 is 6.17 Å². The molecule has 0 amide bonds. The molecule has 3 aromatic rings. The Morgan fingerprint density at radius 3 is 2.32 bits per heavy atom. The van der Waals surface area contributed by atoms with Gasteiger partial charge >= 0.3 is 0 Å². The van der Waals surface area contributed by atoms with Gasteiger partial charge in [0.1, 0.15) is 0 Å². The van der Waals surface area contributed by atoms with Crippen molar-refractivity contribution in [3.05, 3.63) is 29.8 Å². The minimum Gasteiger partial charge on any atom is -0.493 e. The number of aliphatic imine (C=N–C) groups is 1. The van der Waals surface area contributed by atoms with E-state index in [9.17, 15) is 0 Å². The fourth-order valence-electron chi connectivity index (χ4n) is 3.90. The molecule has 0 aliphatic carbocycles. The molecule has 10 nitrogen and oxygen atoms in total. The summed E-state index contributed by atoms with van der Waals surface area (Å²) >= 11 is 0. The van der Waals surface area contributed by atoms with Gasteiger partial charge in [0.25, 0.3) is 0 Å². The van der Waals surface area contributed by atoms with E-state index in [-0.39, 0.29) is 5.96 Å². The molecule has 2 aliphatic heterocycles. The van der Waals surface area contributed by atoms with Crippen LogP contribution in [0.15, 0.2) is 29.3 Å². The van der Waals surface area contributed by atoms with Gasteiger partial charge in [-0.25, -0.2) is 9.98 Å². The van der Waals surface area contributed by atoms with Gasteiger partial charge in [0.15, 0.2) is 35.1 Å². The highest BCUT2D eigenvalue weighted by Crippen LogP contribution is 2.43. The van der Waals surface area contributed by atoms with E-state index in [0.717, 1.165) is 23.0 Å². The SMILES string of the molecule is COc1cc(C2N=C(N)Nc3nc4cc5c(cc4n32)OCCCO5)cc(OC)c1OC. The number of nitrogens with one attached hydrogen (secondary N) is 1. The van der Waals surface area contributed by atoms with E-state index in [4.69, 9.17) is 34.4 Å². The van der Waals surface area contributed by atoms with Gasteiger partial charge < -0.3 is 29.4 Å². The number of hydrogen-bond acceptors (Lipinski definition) is 9. The topological polar surface area (TPSA) is 114 Å². The number of methoxy groups -OCH3 is 3. The Balaban J connectivity index is 1.70. The summed E-state index contributed by atoms with van der Waals surface area (Å²) < 4.78 is 30.1. The van der Waals surface area contributed by atoms with Crippen LogP contribution in [0.2, 0.25) is 0 Å². The van der Waals surface area contributed by atoms with Crippen LogP contribution in [0.25, 0.3) is 11.0 Å². The minimum absolute atomic E-state index is 0.260. The fourth-order valence-corrected chi connectivity index (χ4v) is 3.90. The molecule has 0 fully saturated rings. The molecule has 2 aromatic carbocycles. The number of guanidine groups is 1. The van der Waals surface area contributed by atoms with Crippen LogP contribution in [0.4, 0.5) is 5.95 Å². The van der Waals surface area contributed by atoms with Crippen LogP contribution < -0.4 is 34.7 Å². The van der Waals surface area contributed by atoms with Crippen LogP contribution in [0, 0.1) is 0 Å². The number of fused-ring (bicyclic) bond motifs is 4. The van der Waals surface area contributed by atoms with Crippen LogP contribution in [0.1, 0.15) is 18.2 Å². The first-order valence-electron chi connectivity index (χ1n) is 9.84. The summed E-state index contributed by atoms with van der Waals surface area (Å²) in [4.78, 5) is 9.34. The van der Waals surface area contributed by atoms with E-state index >= 15 is 0 Å². The number of nitrogens with two attached hydrogens (primary N) is 1. The molecule has 5 rings (SSSR count). The Morgan fingerprint density at radius 2 is 1.68 bits per heavy atom. The maximum absolute atomic E-state index is 6.09. The van der Waals surface area contributed by atoms with Crippen molar-refractivity contribution in [2.24, 2.45) is 10.7 Å². The van der Waals surface area contributed by atoms with Crippen molar-refractivity contribution in [1.29, 1.82) is 0 Å². The van der Waals surface area contributed by atoms with Gasteiger partial charge in [-0.05, 0) is 12.1 Å². The summed E-state index contributed by atoms with van der Waals surface area (Å²) in [6, 6.07) is 7.52. The Kier molecular flexibility index (Phi) is 4.61. The highest BCUT2D eigenvalue weighted by molar-refractivity contribution is 5.95. The lowest BCUT2D eigenvalue weighted by molar-refractivity contribution is 0.297.